The number of nitrogens with one attached hydrogen (secondary N) is 3. The summed E-state index contributed by atoms with van der Waals surface area (Å²) in [5.74, 6) is -0.436. The van der Waals surface area contributed by atoms with E-state index in [1.54, 1.807) is 13.0 Å². The number of furan rings is 1. The van der Waals surface area contributed by atoms with Crippen molar-refractivity contribution < 1.29 is 22.4 Å². The number of thiophene rings is 1. The molecule has 0 atom stereocenters. The second-order valence-electron chi connectivity index (χ2n) is 4.58. The number of rotatable bonds is 6. The molecule has 2 amide bonds. The Morgan fingerprint density at radius 3 is 2.61 bits per heavy atom. The minimum Gasteiger partial charge on any atom is -0.469 e. The Kier molecular flexibility index (Phi) is 5.19. The largest absolute Gasteiger partial charge is 0.469 e. The van der Waals surface area contributed by atoms with Gasteiger partial charge in [-0.05, 0) is 25.1 Å². The van der Waals surface area contributed by atoms with Crippen molar-refractivity contribution in [2.24, 2.45) is 0 Å². The van der Waals surface area contributed by atoms with Gasteiger partial charge in [0.2, 0.25) is 5.91 Å². The Labute approximate surface area is 136 Å². The molecule has 8 nitrogen and oxygen atoms in total. The minimum atomic E-state index is -3.88. The Bertz CT molecular complexity index is 822. The van der Waals surface area contributed by atoms with Crippen LogP contribution in [0.5, 0.6) is 0 Å². The van der Waals surface area contributed by atoms with E-state index in [9.17, 15) is 18.0 Å². The van der Waals surface area contributed by atoms with E-state index in [-0.39, 0.29) is 22.2 Å². The Hall–Kier alpha value is -2.17. The number of amides is 2. The van der Waals surface area contributed by atoms with Gasteiger partial charge in [-0.25, -0.2) is 8.42 Å². The summed E-state index contributed by atoms with van der Waals surface area (Å²) in [6.07, 6.45) is 1.34. The molecule has 0 aliphatic carbocycles. The maximum absolute atomic E-state index is 12.1. The van der Waals surface area contributed by atoms with Crippen LogP contribution in [-0.2, 0) is 21.4 Å². The van der Waals surface area contributed by atoms with Gasteiger partial charge in [-0.3, -0.25) is 15.0 Å². The van der Waals surface area contributed by atoms with Gasteiger partial charge in [0.25, 0.3) is 15.9 Å². The first-order valence-electron chi connectivity index (χ1n) is 6.49. The summed E-state index contributed by atoms with van der Waals surface area (Å²) in [6, 6.07) is 4.44. The van der Waals surface area contributed by atoms with E-state index in [1.807, 2.05) is 4.83 Å². The third-order valence-corrected chi connectivity index (χ3v) is 5.64. The maximum Gasteiger partial charge on any atom is 0.269 e. The summed E-state index contributed by atoms with van der Waals surface area (Å²) in [6.45, 7) is 3.22. The number of carbonyl (C=O) groups excluding carboxylic acids is 2. The molecule has 0 aliphatic rings. The number of sulfonamides is 1. The van der Waals surface area contributed by atoms with Gasteiger partial charge < -0.3 is 9.73 Å². The van der Waals surface area contributed by atoms with Crippen LogP contribution in [0.1, 0.15) is 27.9 Å². The highest BCUT2D eigenvalue weighted by Crippen LogP contribution is 2.21. The summed E-state index contributed by atoms with van der Waals surface area (Å²) < 4.78 is 29.2. The quantitative estimate of drug-likeness (QED) is 0.664. The number of hydrogen-bond acceptors (Lipinski definition) is 6. The fourth-order valence-corrected chi connectivity index (χ4v) is 3.80. The van der Waals surface area contributed by atoms with Crippen molar-refractivity contribution in [1.82, 2.24) is 15.6 Å². The first-order chi connectivity index (χ1) is 10.8. The molecule has 3 N–H and O–H groups in total. The number of hydrogen-bond donors (Lipinski definition) is 3. The first kappa shape index (κ1) is 17.2. The monoisotopic (exact) mass is 357 g/mol. The lowest BCUT2D eigenvalue weighted by Gasteiger charge is -2.06. The molecule has 23 heavy (non-hydrogen) atoms. The molecule has 10 heteroatoms. The van der Waals surface area contributed by atoms with Crippen molar-refractivity contribution >= 4 is 33.2 Å². The van der Waals surface area contributed by atoms with Crippen LogP contribution >= 0.6 is 11.3 Å². The average molecular weight is 357 g/mol. The van der Waals surface area contributed by atoms with Crippen LogP contribution in [0.15, 0.2) is 33.1 Å². The van der Waals surface area contributed by atoms with Crippen molar-refractivity contribution in [2.45, 2.75) is 24.6 Å². The fourth-order valence-electron chi connectivity index (χ4n) is 1.66. The number of carbonyl (C=O) groups is 2. The van der Waals surface area contributed by atoms with Crippen molar-refractivity contribution in [1.29, 1.82) is 0 Å². The van der Waals surface area contributed by atoms with Crippen LogP contribution in [-0.4, -0.2) is 20.2 Å². The molecule has 0 unspecified atom stereocenters. The molecule has 2 aromatic rings. The van der Waals surface area contributed by atoms with Crippen molar-refractivity contribution in [2.75, 3.05) is 0 Å². The zero-order chi connectivity index (χ0) is 17.0. The second-order valence-corrected chi connectivity index (χ2v) is 7.66. The van der Waals surface area contributed by atoms with Crippen molar-refractivity contribution in [3.05, 3.63) is 40.7 Å². The summed E-state index contributed by atoms with van der Waals surface area (Å²) in [5, 5.41) is 2.58. The third-order valence-electron chi connectivity index (χ3n) is 2.82. The van der Waals surface area contributed by atoms with E-state index in [4.69, 9.17) is 4.42 Å². The van der Waals surface area contributed by atoms with Crippen LogP contribution in [0.4, 0.5) is 0 Å². The van der Waals surface area contributed by atoms with E-state index in [0.29, 0.717) is 10.6 Å². The molecule has 0 aromatic carbocycles. The van der Waals surface area contributed by atoms with Gasteiger partial charge >= 0.3 is 0 Å². The molecule has 0 fully saturated rings. The molecular formula is C13H15N3O5S2. The molecular weight excluding hydrogens is 342 g/mol. The molecule has 0 aliphatic heterocycles. The number of hydrazine groups is 1. The summed E-state index contributed by atoms with van der Waals surface area (Å²) in [4.78, 5) is 25.4. The molecule has 0 saturated heterocycles. The second kappa shape index (κ2) is 6.94. The lowest BCUT2D eigenvalue weighted by Crippen LogP contribution is -2.41. The molecule has 124 valence electrons. The summed E-state index contributed by atoms with van der Waals surface area (Å²) in [7, 11) is -3.88. The zero-order valence-corrected chi connectivity index (χ0v) is 14.0. The van der Waals surface area contributed by atoms with E-state index in [0.717, 1.165) is 11.3 Å². The summed E-state index contributed by atoms with van der Waals surface area (Å²) >= 11 is 0.999. The molecule has 0 saturated carbocycles. The zero-order valence-electron chi connectivity index (χ0n) is 12.4. The van der Waals surface area contributed by atoms with Gasteiger partial charge in [0, 0.05) is 11.8 Å². The fraction of sp³-hybridized carbons (Fsp3) is 0.231. The summed E-state index contributed by atoms with van der Waals surface area (Å²) in [5.41, 5.74) is 2.37. The lowest BCUT2D eigenvalue weighted by atomic mass is 10.2. The van der Waals surface area contributed by atoms with Crippen LogP contribution in [0.2, 0.25) is 0 Å². The van der Waals surface area contributed by atoms with E-state index in [2.05, 4.69) is 10.7 Å². The van der Waals surface area contributed by atoms with Crippen LogP contribution in [0, 0.1) is 6.92 Å². The van der Waals surface area contributed by atoms with Gasteiger partial charge in [-0.1, -0.05) is 0 Å². The topological polar surface area (TPSA) is 118 Å². The lowest BCUT2D eigenvalue weighted by molar-refractivity contribution is -0.119. The maximum atomic E-state index is 12.1. The van der Waals surface area contributed by atoms with Crippen LogP contribution < -0.4 is 15.6 Å². The van der Waals surface area contributed by atoms with Gasteiger partial charge in [0.05, 0.1) is 18.4 Å². The normalized spacial score (nSPS) is 11.2. The van der Waals surface area contributed by atoms with Crippen molar-refractivity contribution in [3.63, 3.8) is 0 Å². The average Bonchev–Trinajstić information content (AvgIpc) is 3.12. The van der Waals surface area contributed by atoms with Crippen molar-refractivity contribution in [3.8, 4) is 0 Å². The van der Waals surface area contributed by atoms with Crippen LogP contribution in [0.3, 0.4) is 0 Å². The molecule has 0 spiro atoms. The van der Waals surface area contributed by atoms with Gasteiger partial charge in [0.1, 0.15) is 9.97 Å². The highest BCUT2D eigenvalue weighted by molar-refractivity contribution is 7.91. The van der Waals surface area contributed by atoms with Gasteiger partial charge in [-0.15, -0.1) is 16.2 Å². The van der Waals surface area contributed by atoms with Crippen LogP contribution in [0.25, 0.3) is 0 Å². The van der Waals surface area contributed by atoms with E-state index >= 15 is 0 Å². The SMILES string of the molecule is CC(=O)NCc1ccc(S(=O)(=O)NNC(=O)c2ccoc2C)s1. The first-order valence-corrected chi connectivity index (χ1v) is 8.79. The molecule has 0 radical (unpaired) electrons. The highest BCUT2D eigenvalue weighted by atomic mass is 32.2. The minimum absolute atomic E-state index is 0.0297. The molecule has 2 rings (SSSR count). The molecule has 2 heterocycles. The van der Waals surface area contributed by atoms with E-state index < -0.39 is 15.9 Å². The predicted molar refractivity (Wildman–Crippen MR) is 83.1 cm³/mol. The molecule has 2 aromatic heterocycles. The van der Waals surface area contributed by atoms with E-state index in [1.165, 1.54) is 25.3 Å². The highest BCUT2D eigenvalue weighted by Gasteiger charge is 2.19. The predicted octanol–water partition coefficient (Wildman–Crippen LogP) is 0.909. The van der Waals surface area contributed by atoms with Gasteiger partial charge in [0.15, 0.2) is 0 Å². The van der Waals surface area contributed by atoms with Gasteiger partial charge in [-0.2, -0.15) is 0 Å². The third kappa shape index (κ3) is 4.41. The Morgan fingerprint density at radius 1 is 1.26 bits per heavy atom. The smallest absolute Gasteiger partial charge is 0.269 e. The molecule has 0 bridgehead atoms. The Morgan fingerprint density at radius 2 is 2.00 bits per heavy atom. The standard InChI is InChI=1S/C13H15N3O5S2/c1-8-11(5-6-21-8)13(18)15-16-23(19,20)12-4-3-10(22-12)7-14-9(2)17/h3-6,16H,7H2,1-2H3,(H,14,17)(H,15,18). The number of aryl methyl sites for hydroxylation is 1. The Balaban J connectivity index is 2.00.